The number of aromatic nitrogens is 1. The van der Waals surface area contributed by atoms with Crippen molar-refractivity contribution in [2.24, 2.45) is 0 Å². The second-order valence-corrected chi connectivity index (χ2v) is 8.23. The van der Waals surface area contributed by atoms with Gasteiger partial charge < -0.3 is 9.88 Å². The average molecular weight is 368 g/mol. The van der Waals surface area contributed by atoms with Gasteiger partial charge in [-0.05, 0) is 50.2 Å². The lowest BCUT2D eigenvalue weighted by Gasteiger charge is -2.10. The topological polar surface area (TPSA) is 68.2 Å². The normalized spacial score (nSPS) is 11.3. The van der Waals surface area contributed by atoms with Crippen LogP contribution in [0.4, 0.5) is 5.69 Å². The van der Waals surface area contributed by atoms with Crippen molar-refractivity contribution in [2.45, 2.75) is 18.7 Å². The first kappa shape index (κ1) is 17.9. The number of amides is 1. The van der Waals surface area contributed by atoms with Crippen LogP contribution in [0.2, 0.25) is 0 Å². The Morgan fingerprint density at radius 2 is 1.65 bits per heavy atom. The van der Waals surface area contributed by atoms with Gasteiger partial charge in [-0.25, -0.2) is 8.42 Å². The third-order valence-electron chi connectivity index (χ3n) is 4.21. The van der Waals surface area contributed by atoms with E-state index in [9.17, 15) is 13.2 Å². The second-order valence-electron chi connectivity index (χ2n) is 6.21. The first-order valence-corrected chi connectivity index (χ1v) is 10.0. The van der Waals surface area contributed by atoms with Crippen molar-refractivity contribution in [3.8, 4) is 5.69 Å². The third-order valence-corrected chi connectivity index (χ3v) is 5.32. The molecule has 0 unspecified atom stereocenters. The van der Waals surface area contributed by atoms with Gasteiger partial charge in [-0.2, -0.15) is 0 Å². The van der Waals surface area contributed by atoms with Crippen molar-refractivity contribution in [2.75, 3.05) is 11.6 Å². The molecule has 6 heteroatoms. The number of carbonyl (C=O) groups excluding carboxylic acids is 1. The van der Waals surface area contributed by atoms with Crippen molar-refractivity contribution in [1.82, 2.24) is 4.57 Å². The Hall–Kier alpha value is -2.86. The van der Waals surface area contributed by atoms with Gasteiger partial charge in [0.25, 0.3) is 5.91 Å². The lowest BCUT2D eigenvalue weighted by Crippen LogP contribution is -2.13. The van der Waals surface area contributed by atoms with E-state index in [1.165, 1.54) is 12.1 Å². The summed E-state index contributed by atoms with van der Waals surface area (Å²) in [6.45, 7) is 3.84. The maximum atomic E-state index is 12.7. The number of hydrogen-bond donors (Lipinski definition) is 1. The minimum absolute atomic E-state index is 0.171. The van der Waals surface area contributed by atoms with Crippen molar-refractivity contribution in [1.29, 1.82) is 0 Å². The molecule has 0 atom stereocenters. The van der Waals surface area contributed by atoms with E-state index in [0.29, 0.717) is 11.3 Å². The zero-order chi connectivity index (χ0) is 18.9. The molecule has 1 amide bonds. The van der Waals surface area contributed by atoms with E-state index < -0.39 is 9.84 Å². The number of sulfone groups is 1. The van der Waals surface area contributed by atoms with Gasteiger partial charge in [0.1, 0.15) is 0 Å². The van der Waals surface area contributed by atoms with Crippen molar-refractivity contribution < 1.29 is 13.2 Å². The summed E-state index contributed by atoms with van der Waals surface area (Å²) >= 11 is 0. The molecule has 0 spiro atoms. The summed E-state index contributed by atoms with van der Waals surface area (Å²) in [5, 5.41) is 2.79. The van der Waals surface area contributed by atoms with Gasteiger partial charge in [0, 0.05) is 29.0 Å². The molecule has 0 aliphatic heterocycles. The highest BCUT2D eigenvalue weighted by Gasteiger charge is 2.17. The number of benzene rings is 2. The minimum atomic E-state index is -3.33. The van der Waals surface area contributed by atoms with Crippen LogP contribution in [0.25, 0.3) is 5.69 Å². The quantitative estimate of drug-likeness (QED) is 0.762. The van der Waals surface area contributed by atoms with E-state index in [1.807, 2.05) is 54.8 Å². The van der Waals surface area contributed by atoms with Gasteiger partial charge in [0.15, 0.2) is 9.84 Å². The number of para-hydroxylation sites is 1. The average Bonchev–Trinajstić information content (AvgIpc) is 2.90. The predicted octanol–water partition coefficient (Wildman–Crippen LogP) is 3.75. The Balaban J connectivity index is 1.93. The van der Waals surface area contributed by atoms with Gasteiger partial charge in [-0.15, -0.1) is 0 Å². The maximum Gasteiger partial charge on any atom is 0.257 e. The third kappa shape index (κ3) is 3.55. The fourth-order valence-corrected chi connectivity index (χ4v) is 3.64. The van der Waals surface area contributed by atoms with Crippen molar-refractivity contribution in [3.05, 3.63) is 77.6 Å². The summed E-state index contributed by atoms with van der Waals surface area (Å²) in [4.78, 5) is 12.9. The molecule has 2 aromatic carbocycles. The molecule has 3 aromatic rings. The van der Waals surface area contributed by atoms with Crippen molar-refractivity contribution in [3.63, 3.8) is 0 Å². The van der Waals surface area contributed by atoms with Crippen LogP contribution in [-0.4, -0.2) is 25.1 Å². The number of rotatable bonds is 4. The van der Waals surface area contributed by atoms with Crippen LogP contribution in [0.3, 0.4) is 0 Å². The highest BCUT2D eigenvalue weighted by atomic mass is 32.2. The summed E-state index contributed by atoms with van der Waals surface area (Å²) < 4.78 is 25.4. The van der Waals surface area contributed by atoms with Crippen LogP contribution in [0, 0.1) is 13.8 Å². The van der Waals surface area contributed by atoms with E-state index in [4.69, 9.17) is 0 Å². The Bertz CT molecular complexity index is 1070. The fraction of sp³-hybridized carbons (Fsp3) is 0.150. The molecule has 1 heterocycles. The number of nitrogens with zero attached hydrogens (tertiary/aromatic N) is 1. The summed E-state index contributed by atoms with van der Waals surface area (Å²) in [5.41, 5.74) is 3.76. The Kier molecular flexibility index (Phi) is 4.70. The Morgan fingerprint density at radius 3 is 2.31 bits per heavy atom. The van der Waals surface area contributed by atoms with Crippen LogP contribution in [0.5, 0.6) is 0 Å². The number of anilines is 1. The second kappa shape index (κ2) is 6.80. The molecule has 0 radical (unpaired) electrons. The fourth-order valence-electron chi connectivity index (χ4n) is 2.97. The maximum absolute atomic E-state index is 12.7. The minimum Gasteiger partial charge on any atom is -0.322 e. The monoisotopic (exact) mass is 368 g/mol. The molecule has 1 N–H and O–H groups in total. The molecule has 0 aliphatic carbocycles. The molecular formula is C20H20N2O3S. The Morgan fingerprint density at radius 1 is 0.962 bits per heavy atom. The van der Waals surface area contributed by atoms with Crippen molar-refractivity contribution >= 4 is 21.4 Å². The number of aryl methyl sites for hydroxylation is 1. The van der Waals surface area contributed by atoms with Crippen LogP contribution < -0.4 is 5.32 Å². The number of hydrogen-bond acceptors (Lipinski definition) is 3. The zero-order valence-corrected chi connectivity index (χ0v) is 15.7. The van der Waals surface area contributed by atoms with Crippen LogP contribution in [0.1, 0.15) is 21.7 Å². The standard InChI is InChI=1S/C20H20N2O3S/c1-14-12-19(15(2)22(14)17-9-5-4-6-10-17)20(23)21-16-8-7-11-18(13-16)26(3,24)25/h4-13H,1-3H3,(H,21,23). The van der Waals surface area contributed by atoms with Gasteiger partial charge in [-0.3, -0.25) is 4.79 Å². The van der Waals surface area contributed by atoms with Gasteiger partial charge in [0.05, 0.1) is 10.5 Å². The molecular weight excluding hydrogens is 348 g/mol. The SMILES string of the molecule is Cc1cc(C(=O)Nc2cccc(S(C)(=O)=O)c2)c(C)n1-c1ccccc1. The summed E-state index contributed by atoms with van der Waals surface area (Å²) in [7, 11) is -3.33. The summed E-state index contributed by atoms with van der Waals surface area (Å²) in [5.74, 6) is -0.272. The molecule has 1 aromatic heterocycles. The summed E-state index contributed by atoms with van der Waals surface area (Å²) in [6.07, 6.45) is 1.14. The Labute approximate surface area is 153 Å². The lowest BCUT2D eigenvalue weighted by molar-refractivity contribution is 0.102. The van der Waals surface area contributed by atoms with E-state index >= 15 is 0 Å². The lowest BCUT2D eigenvalue weighted by atomic mass is 10.2. The molecule has 3 rings (SSSR count). The van der Waals surface area contributed by atoms with E-state index in [0.717, 1.165) is 23.3 Å². The summed E-state index contributed by atoms with van der Waals surface area (Å²) in [6, 6.07) is 17.9. The smallest absolute Gasteiger partial charge is 0.257 e. The first-order valence-electron chi connectivity index (χ1n) is 8.13. The van der Waals surface area contributed by atoms with Gasteiger partial charge in [-0.1, -0.05) is 24.3 Å². The molecule has 0 aliphatic rings. The molecule has 5 nitrogen and oxygen atoms in total. The van der Waals surface area contributed by atoms with Crippen LogP contribution in [0.15, 0.2) is 65.6 Å². The number of nitrogens with one attached hydrogen (secondary N) is 1. The van der Waals surface area contributed by atoms with Crippen LogP contribution in [-0.2, 0) is 9.84 Å². The van der Waals surface area contributed by atoms with Crippen LogP contribution >= 0.6 is 0 Å². The highest BCUT2D eigenvalue weighted by Crippen LogP contribution is 2.22. The van der Waals surface area contributed by atoms with E-state index in [-0.39, 0.29) is 10.8 Å². The molecule has 0 fully saturated rings. The largest absolute Gasteiger partial charge is 0.322 e. The van der Waals surface area contributed by atoms with Gasteiger partial charge in [0.2, 0.25) is 0 Å². The molecule has 0 saturated heterocycles. The molecule has 0 saturated carbocycles. The predicted molar refractivity (Wildman–Crippen MR) is 103 cm³/mol. The molecule has 0 bridgehead atoms. The first-order chi connectivity index (χ1) is 12.3. The number of carbonyl (C=O) groups is 1. The van der Waals surface area contributed by atoms with E-state index in [2.05, 4.69) is 5.32 Å². The highest BCUT2D eigenvalue weighted by molar-refractivity contribution is 7.90. The molecule has 26 heavy (non-hydrogen) atoms. The zero-order valence-electron chi connectivity index (χ0n) is 14.9. The molecule has 134 valence electrons. The van der Waals surface area contributed by atoms with E-state index in [1.54, 1.807) is 12.1 Å². The van der Waals surface area contributed by atoms with Gasteiger partial charge >= 0.3 is 0 Å².